The van der Waals surface area contributed by atoms with Crippen LogP contribution in [0.3, 0.4) is 0 Å². The van der Waals surface area contributed by atoms with Crippen molar-refractivity contribution >= 4 is 21.4 Å². The molecule has 2 aromatic carbocycles. The van der Waals surface area contributed by atoms with Gasteiger partial charge in [0.2, 0.25) is 0 Å². The second-order valence-electron chi connectivity index (χ2n) is 5.56. The third-order valence-corrected chi connectivity index (χ3v) is 5.16. The quantitative estimate of drug-likeness (QED) is 0.454. The zero-order chi connectivity index (χ0) is 17.9. The normalized spacial score (nSPS) is 11.1. The molecule has 0 spiro atoms. The standard InChI is InChI=1S/C17H18N2O4S/c1-13(2)12-18(15-6-8-16(9-7-15)19(20)21)24(22,23)17-10-4-14(3)5-11-17/h4-11H,1,12H2,2-3H3. The van der Waals surface area contributed by atoms with E-state index in [1.807, 2.05) is 6.92 Å². The van der Waals surface area contributed by atoms with Gasteiger partial charge < -0.3 is 0 Å². The molecule has 0 saturated carbocycles. The smallest absolute Gasteiger partial charge is 0.262 e. The van der Waals surface area contributed by atoms with Crippen molar-refractivity contribution in [3.05, 3.63) is 76.4 Å². The molecular formula is C17H18N2O4S. The van der Waals surface area contributed by atoms with Crippen LogP contribution in [0, 0.1) is 17.0 Å². The van der Waals surface area contributed by atoms with E-state index >= 15 is 0 Å². The van der Waals surface area contributed by atoms with Crippen LogP contribution in [0.4, 0.5) is 11.4 Å². The number of aryl methyl sites for hydroxylation is 1. The van der Waals surface area contributed by atoms with Crippen LogP contribution < -0.4 is 4.31 Å². The fourth-order valence-corrected chi connectivity index (χ4v) is 3.66. The van der Waals surface area contributed by atoms with Crippen LogP contribution in [-0.2, 0) is 10.0 Å². The van der Waals surface area contributed by atoms with Crippen LogP contribution in [0.5, 0.6) is 0 Å². The van der Waals surface area contributed by atoms with Crippen LogP contribution >= 0.6 is 0 Å². The summed E-state index contributed by atoms with van der Waals surface area (Å²) in [5.74, 6) is 0. The number of benzene rings is 2. The van der Waals surface area contributed by atoms with Crippen LogP contribution in [0.1, 0.15) is 12.5 Å². The Hall–Kier alpha value is -2.67. The zero-order valence-electron chi connectivity index (χ0n) is 13.5. The van der Waals surface area contributed by atoms with Gasteiger partial charge in [0.05, 0.1) is 22.1 Å². The predicted octanol–water partition coefficient (Wildman–Crippen LogP) is 3.67. The predicted molar refractivity (Wildman–Crippen MR) is 93.6 cm³/mol. The first-order valence-corrected chi connectivity index (χ1v) is 8.64. The van der Waals surface area contributed by atoms with Crippen LogP contribution in [-0.4, -0.2) is 19.9 Å². The lowest BCUT2D eigenvalue weighted by Crippen LogP contribution is -2.32. The average Bonchev–Trinajstić information content (AvgIpc) is 2.53. The van der Waals surface area contributed by atoms with Crippen molar-refractivity contribution in [2.45, 2.75) is 18.7 Å². The highest BCUT2D eigenvalue weighted by Crippen LogP contribution is 2.26. The van der Waals surface area contributed by atoms with Gasteiger partial charge in [-0.3, -0.25) is 14.4 Å². The molecule has 0 radical (unpaired) electrons. The lowest BCUT2D eigenvalue weighted by atomic mass is 10.2. The number of hydrogen-bond donors (Lipinski definition) is 0. The minimum absolute atomic E-state index is 0.0913. The molecule has 0 amide bonds. The summed E-state index contributed by atoms with van der Waals surface area (Å²) in [5, 5.41) is 10.8. The maximum Gasteiger partial charge on any atom is 0.269 e. The van der Waals surface area contributed by atoms with Crippen LogP contribution in [0.2, 0.25) is 0 Å². The van der Waals surface area contributed by atoms with Crippen molar-refractivity contribution in [1.29, 1.82) is 0 Å². The van der Waals surface area contributed by atoms with Crippen molar-refractivity contribution in [3.8, 4) is 0 Å². The molecule has 0 saturated heterocycles. The molecule has 2 rings (SSSR count). The first-order chi connectivity index (χ1) is 11.2. The molecule has 0 aromatic heterocycles. The number of non-ortho nitro benzene ring substituents is 1. The Balaban J connectivity index is 2.49. The molecule has 0 aliphatic carbocycles. The van der Waals surface area contributed by atoms with E-state index in [9.17, 15) is 18.5 Å². The van der Waals surface area contributed by atoms with E-state index in [1.165, 1.54) is 28.6 Å². The molecule has 0 bridgehead atoms. The molecule has 0 unspecified atom stereocenters. The SMILES string of the molecule is C=C(C)CN(c1ccc([N+](=O)[O-])cc1)S(=O)(=O)c1ccc(C)cc1. The fraction of sp³-hybridized carbons (Fsp3) is 0.176. The van der Waals surface area contributed by atoms with Gasteiger partial charge in [0, 0.05) is 12.1 Å². The molecule has 2 aromatic rings. The highest BCUT2D eigenvalue weighted by Gasteiger charge is 2.25. The monoisotopic (exact) mass is 346 g/mol. The van der Waals surface area contributed by atoms with Gasteiger partial charge in [-0.2, -0.15) is 0 Å². The van der Waals surface area contributed by atoms with Gasteiger partial charge in [0.25, 0.3) is 15.7 Å². The summed E-state index contributed by atoms with van der Waals surface area (Å²) in [6.07, 6.45) is 0. The molecule has 0 N–H and O–H groups in total. The van der Waals surface area contributed by atoms with E-state index in [1.54, 1.807) is 31.2 Å². The first-order valence-electron chi connectivity index (χ1n) is 7.20. The number of hydrogen-bond acceptors (Lipinski definition) is 4. The highest BCUT2D eigenvalue weighted by molar-refractivity contribution is 7.92. The summed E-state index contributed by atoms with van der Waals surface area (Å²) >= 11 is 0. The maximum absolute atomic E-state index is 12.9. The van der Waals surface area contributed by atoms with Gasteiger partial charge in [-0.05, 0) is 38.1 Å². The number of nitro benzene ring substituents is 1. The van der Waals surface area contributed by atoms with Crippen molar-refractivity contribution < 1.29 is 13.3 Å². The van der Waals surface area contributed by atoms with Crippen LogP contribution in [0.25, 0.3) is 0 Å². The lowest BCUT2D eigenvalue weighted by Gasteiger charge is -2.24. The Bertz CT molecular complexity index is 856. The molecular weight excluding hydrogens is 328 g/mol. The highest BCUT2D eigenvalue weighted by atomic mass is 32.2. The third kappa shape index (κ3) is 3.80. The van der Waals surface area contributed by atoms with Crippen LogP contribution in [0.15, 0.2) is 65.6 Å². The van der Waals surface area contributed by atoms with Crippen molar-refractivity contribution in [2.75, 3.05) is 10.8 Å². The molecule has 24 heavy (non-hydrogen) atoms. The fourth-order valence-electron chi connectivity index (χ4n) is 2.14. The van der Waals surface area contributed by atoms with Gasteiger partial charge >= 0.3 is 0 Å². The summed E-state index contributed by atoms with van der Waals surface area (Å²) in [7, 11) is -3.80. The summed E-state index contributed by atoms with van der Waals surface area (Å²) in [4.78, 5) is 10.4. The van der Waals surface area contributed by atoms with E-state index in [-0.39, 0.29) is 17.1 Å². The van der Waals surface area contributed by atoms with E-state index in [0.717, 1.165) is 5.56 Å². The summed E-state index contributed by atoms with van der Waals surface area (Å²) < 4.78 is 27.1. The number of anilines is 1. The second kappa shape index (κ2) is 6.84. The molecule has 6 nitrogen and oxygen atoms in total. The minimum Gasteiger partial charge on any atom is -0.262 e. The van der Waals surface area contributed by atoms with E-state index in [4.69, 9.17) is 0 Å². The minimum atomic E-state index is -3.80. The molecule has 0 atom stereocenters. The largest absolute Gasteiger partial charge is 0.269 e. The second-order valence-corrected chi connectivity index (χ2v) is 7.42. The number of sulfonamides is 1. The first kappa shape index (κ1) is 17.7. The van der Waals surface area contributed by atoms with Gasteiger partial charge in [0.15, 0.2) is 0 Å². The van der Waals surface area contributed by atoms with Crippen molar-refractivity contribution in [2.24, 2.45) is 0 Å². The van der Waals surface area contributed by atoms with Gasteiger partial charge in [-0.15, -0.1) is 0 Å². The molecule has 0 heterocycles. The van der Waals surface area contributed by atoms with Crippen molar-refractivity contribution in [1.82, 2.24) is 0 Å². The number of nitro groups is 1. The molecule has 0 aliphatic rings. The van der Waals surface area contributed by atoms with Gasteiger partial charge in [0.1, 0.15) is 0 Å². The number of rotatable bonds is 6. The molecule has 0 fully saturated rings. The van der Waals surface area contributed by atoms with Gasteiger partial charge in [-0.1, -0.05) is 29.8 Å². The zero-order valence-corrected chi connectivity index (χ0v) is 14.3. The Morgan fingerprint density at radius 2 is 1.67 bits per heavy atom. The molecule has 0 aliphatic heterocycles. The molecule has 7 heteroatoms. The maximum atomic E-state index is 12.9. The Morgan fingerprint density at radius 1 is 1.12 bits per heavy atom. The Labute approximate surface area is 141 Å². The molecule has 126 valence electrons. The Morgan fingerprint density at radius 3 is 2.12 bits per heavy atom. The number of nitrogens with zero attached hydrogens (tertiary/aromatic N) is 2. The van der Waals surface area contributed by atoms with Crippen molar-refractivity contribution in [3.63, 3.8) is 0 Å². The summed E-state index contributed by atoms with van der Waals surface area (Å²) in [6.45, 7) is 7.46. The van der Waals surface area contributed by atoms with E-state index < -0.39 is 14.9 Å². The topological polar surface area (TPSA) is 80.5 Å². The lowest BCUT2D eigenvalue weighted by molar-refractivity contribution is -0.384. The Kier molecular flexibility index (Phi) is 5.04. The average molecular weight is 346 g/mol. The summed E-state index contributed by atoms with van der Waals surface area (Å²) in [6, 6.07) is 11.9. The summed E-state index contributed by atoms with van der Waals surface area (Å²) in [5.41, 5.74) is 1.87. The third-order valence-electron chi connectivity index (χ3n) is 3.37. The van der Waals surface area contributed by atoms with E-state index in [2.05, 4.69) is 6.58 Å². The van der Waals surface area contributed by atoms with Gasteiger partial charge in [-0.25, -0.2) is 8.42 Å². The van der Waals surface area contributed by atoms with E-state index in [0.29, 0.717) is 11.3 Å².